The number of carbonyl (C=O) groups is 1. The van der Waals surface area contributed by atoms with Crippen LogP contribution < -0.4 is 4.90 Å². The third-order valence-electron chi connectivity index (χ3n) is 2.74. The molecule has 0 radical (unpaired) electrons. The van der Waals surface area contributed by atoms with Crippen molar-refractivity contribution in [3.63, 3.8) is 0 Å². The van der Waals surface area contributed by atoms with E-state index in [-0.39, 0.29) is 12.3 Å². The van der Waals surface area contributed by atoms with Gasteiger partial charge in [0, 0.05) is 29.8 Å². The minimum Gasteiger partial charge on any atom is -0.315 e. The fraction of sp³-hybridized carbons (Fsp3) is 0.300. The van der Waals surface area contributed by atoms with Crippen molar-refractivity contribution >= 4 is 31.3 Å². The van der Waals surface area contributed by atoms with Crippen LogP contribution in [-0.4, -0.2) is 21.4 Å². The lowest BCUT2D eigenvalue weighted by Gasteiger charge is -2.26. The van der Waals surface area contributed by atoms with Gasteiger partial charge in [0.2, 0.25) is 5.91 Å². The van der Waals surface area contributed by atoms with Crippen LogP contribution in [0.5, 0.6) is 0 Å². The van der Waals surface area contributed by atoms with Gasteiger partial charge in [0.1, 0.15) is 10.7 Å². The van der Waals surface area contributed by atoms with E-state index in [1.54, 1.807) is 0 Å². The van der Waals surface area contributed by atoms with Crippen molar-refractivity contribution in [1.82, 2.24) is 0 Å². The Morgan fingerprint density at radius 2 is 2.00 bits per heavy atom. The van der Waals surface area contributed by atoms with E-state index in [1.165, 1.54) is 18.0 Å². The summed E-state index contributed by atoms with van der Waals surface area (Å²) in [5.41, 5.74) is 0.996. The van der Waals surface area contributed by atoms with Gasteiger partial charge in [-0.3, -0.25) is 4.79 Å². The zero-order valence-corrected chi connectivity index (χ0v) is 10.5. The summed E-state index contributed by atoms with van der Waals surface area (Å²) in [5, 5.41) is 0. The topological polar surface area (TPSA) is 54.5 Å². The molecule has 1 aliphatic rings. The lowest BCUT2D eigenvalue weighted by molar-refractivity contribution is -0.118. The molecule has 0 atom stereocenters. The number of anilines is 1. The number of nitrogens with zero attached hydrogens (tertiary/aromatic N) is 1. The Morgan fingerprint density at radius 1 is 1.35 bits per heavy atom. The molecule has 0 saturated heterocycles. The Kier molecular flexibility index (Phi) is 2.87. The summed E-state index contributed by atoms with van der Waals surface area (Å²) >= 11 is 0. The summed E-state index contributed by atoms with van der Waals surface area (Å²) in [4.78, 5) is 12.2. The molecule has 0 unspecified atom stereocenters. The molecule has 0 bridgehead atoms. The van der Waals surface area contributed by atoms with Crippen molar-refractivity contribution < 1.29 is 17.6 Å². The maximum Gasteiger partial charge on any atom is 0.264 e. The zero-order chi connectivity index (χ0) is 12.8. The number of fused-ring (bicyclic) bond motifs is 1. The van der Waals surface area contributed by atoms with E-state index in [9.17, 15) is 17.6 Å². The van der Waals surface area contributed by atoms with E-state index in [1.807, 2.05) is 0 Å². The first-order valence-electron chi connectivity index (χ1n) is 4.84. The smallest absolute Gasteiger partial charge is 0.264 e. The Hall–Kier alpha value is -1.14. The summed E-state index contributed by atoms with van der Waals surface area (Å²) in [6.45, 7) is 0. The quantitative estimate of drug-likeness (QED) is 0.734. The molecule has 1 aromatic carbocycles. The van der Waals surface area contributed by atoms with E-state index in [0.717, 1.165) is 6.07 Å². The lowest BCUT2D eigenvalue weighted by Crippen LogP contribution is -2.31. The van der Waals surface area contributed by atoms with Crippen LogP contribution in [0, 0.1) is 5.82 Å². The summed E-state index contributed by atoms with van der Waals surface area (Å²) < 4.78 is 35.8. The predicted octanol–water partition coefficient (Wildman–Crippen LogP) is 1.66. The highest BCUT2D eigenvalue weighted by molar-refractivity contribution is 8.13. The average Bonchev–Trinajstić information content (AvgIpc) is 2.22. The summed E-state index contributed by atoms with van der Waals surface area (Å²) in [6, 6.07) is 2.22. The largest absolute Gasteiger partial charge is 0.315 e. The second kappa shape index (κ2) is 3.96. The second-order valence-corrected chi connectivity index (χ2v) is 6.34. The minimum absolute atomic E-state index is 0.126. The van der Waals surface area contributed by atoms with E-state index in [4.69, 9.17) is 10.7 Å². The third-order valence-corrected chi connectivity index (χ3v) is 4.08. The number of hydrogen-bond donors (Lipinski definition) is 0. The molecule has 92 valence electrons. The first-order valence-corrected chi connectivity index (χ1v) is 7.15. The van der Waals surface area contributed by atoms with Gasteiger partial charge in [0.15, 0.2) is 0 Å². The molecule has 0 spiro atoms. The Bertz CT molecular complexity index is 600. The van der Waals surface area contributed by atoms with Crippen LogP contribution >= 0.6 is 10.7 Å². The molecule has 4 nitrogen and oxygen atoms in total. The number of carbonyl (C=O) groups excluding carboxylic acids is 1. The molecule has 1 amide bonds. The zero-order valence-electron chi connectivity index (χ0n) is 8.91. The van der Waals surface area contributed by atoms with Crippen molar-refractivity contribution in [2.24, 2.45) is 0 Å². The second-order valence-electron chi connectivity index (χ2n) is 3.80. The first kappa shape index (κ1) is 12.3. The van der Waals surface area contributed by atoms with Crippen molar-refractivity contribution in [2.45, 2.75) is 17.7 Å². The maximum atomic E-state index is 13.6. The molecule has 0 fully saturated rings. The molecule has 1 heterocycles. The van der Waals surface area contributed by atoms with Crippen LogP contribution in [0.4, 0.5) is 10.1 Å². The molecule has 1 aliphatic heterocycles. The normalized spacial score (nSPS) is 15.9. The summed E-state index contributed by atoms with van der Waals surface area (Å²) in [7, 11) is 2.54. The van der Waals surface area contributed by atoms with Crippen LogP contribution in [0.3, 0.4) is 0 Å². The van der Waals surface area contributed by atoms with Gasteiger partial charge in [-0.1, -0.05) is 0 Å². The van der Waals surface area contributed by atoms with E-state index < -0.39 is 19.8 Å². The lowest BCUT2D eigenvalue weighted by atomic mass is 10.0. The summed E-state index contributed by atoms with van der Waals surface area (Å²) in [5.74, 6) is -1.07. The Balaban J connectivity index is 2.64. The molecular weight excluding hydrogens is 269 g/mol. The van der Waals surface area contributed by atoms with E-state index >= 15 is 0 Å². The molecule has 7 heteroatoms. The summed E-state index contributed by atoms with van der Waals surface area (Å²) in [6.07, 6.45) is 0.662. The maximum absolute atomic E-state index is 13.6. The van der Waals surface area contributed by atoms with Gasteiger partial charge >= 0.3 is 0 Å². The van der Waals surface area contributed by atoms with Gasteiger partial charge in [0.05, 0.1) is 0 Å². The Morgan fingerprint density at radius 3 is 2.59 bits per heavy atom. The number of hydrogen-bond acceptors (Lipinski definition) is 3. The number of benzene rings is 1. The van der Waals surface area contributed by atoms with Crippen LogP contribution in [0.1, 0.15) is 12.0 Å². The molecule has 0 saturated carbocycles. The van der Waals surface area contributed by atoms with Crippen LogP contribution in [0.15, 0.2) is 17.0 Å². The van der Waals surface area contributed by atoms with Crippen molar-refractivity contribution in [3.8, 4) is 0 Å². The predicted molar refractivity (Wildman–Crippen MR) is 61.2 cm³/mol. The SMILES string of the molecule is CN1C(=O)CCc2cc(S(=O)(=O)Cl)c(F)cc21. The highest BCUT2D eigenvalue weighted by atomic mass is 35.7. The molecular formula is C10H9ClFNO3S. The molecule has 1 aromatic rings. The number of amides is 1. The van der Waals surface area contributed by atoms with Crippen LogP contribution in [0.25, 0.3) is 0 Å². The van der Waals surface area contributed by atoms with Crippen LogP contribution in [0.2, 0.25) is 0 Å². The highest BCUT2D eigenvalue weighted by Crippen LogP contribution is 2.32. The highest BCUT2D eigenvalue weighted by Gasteiger charge is 2.25. The van der Waals surface area contributed by atoms with Gasteiger partial charge in [-0.25, -0.2) is 12.8 Å². The Labute approximate surface area is 102 Å². The number of aryl methyl sites for hydroxylation is 1. The van der Waals surface area contributed by atoms with Gasteiger partial charge in [-0.15, -0.1) is 0 Å². The van der Waals surface area contributed by atoms with Gasteiger partial charge in [0.25, 0.3) is 9.05 Å². The van der Waals surface area contributed by atoms with Crippen molar-refractivity contribution in [2.75, 3.05) is 11.9 Å². The van der Waals surface area contributed by atoms with Crippen molar-refractivity contribution in [3.05, 3.63) is 23.5 Å². The van der Waals surface area contributed by atoms with Gasteiger partial charge in [-0.05, 0) is 24.1 Å². The van der Waals surface area contributed by atoms with Gasteiger partial charge in [-0.2, -0.15) is 0 Å². The van der Waals surface area contributed by atoms with Crippen LogP contribution in [-0.2, 0) is 20.3 Å². The molecule has 0 aliphatic carbocycles. The molecule has 17 heavy (non-hydrogen) atoms. The van der Waals surface area contributed by atoms with Gasteiger partial charge < -0.3 is 4.90 Å². The van der Waals surface area contributed by atoms with Crippen molar-refractivity contribution in [1.29, 1.82) is 0 Å². The average molecular weight is 278 g/mol. The molecule has 0 N–H and O–H groups in total. The standard InChI is InChI=1S/C10H9ClFNO3S/c1-13-8-5-7(12)9(17(11,15)16)4-6(8)2-3-10(13)14/h4-5H,2-3H2,1H3. The molecule has 0 aromatic heterocycles. The van der Waals surface area contributed by atoms with E-state index in [0.29, 0.717) is 17.7 Å². The fourth-order valence-corrected chi connectivity index (χ4v) is 2.76. The molecule has 2 rings (SSSR count). The first-order chi connectivity index (χ1) is 7.80. The monoisotopic (exact) mass is 277 g/mol. The minimum atomic E-state index is -4.10. The fourth-order valence-electron chi connectivity index (χ4n) is 1.83. The van der Waals surface area contributed by atoms with E-state index in [2.05, 4.69) is 0 Å². The number of rotatable bonds is 1. The number of halogens is 2. The third kappa shape index (κ3) is 2.14.